The van der Waals surface area contributed by atoms with Crippen LogP contribution in [0.3, 0.4) is 0 Å². The van der Waals surface area contributed by atoms with E-state index in [0.717, 1.165) is 19.3 Å². The molecule has 0 fully saturated rings. The molecule has 0 aromatic heterocycles. The number of carbonyl (C=O) groups is 1. The Hall–Kier alpha value is -1.54. The van der Waals surface area contributed by atoms with Crippen LogP contribution >= 0.6 is 0 Å². The van der Waals surface area contributed by atoms with Gasteiger partial charge in [0, 0.05) is 19.7 Å². The number of primary sulfonamides is 1. The average Bonchev–Trinajstić information content (AvgIpc) is 2.36. The number of rotatable bonds is 6. The summed E-state index contributed by atoms with van der Waals surface area (Å²) in [7, 11) is -2.90. The van der Waals surface area contributed by atoms with Crippen LogP contribution in [0.15, 0.2) is 17.0 Å². The molecule has 0 aliphatic rings. The van der Waals surface area contributed by atoms with Gasteiger partial charge in [0.15, 0.2) is 0 Å². The molecule has 0 heterocycles. The van der Waals surface area contributed by atoms with Gasteiger partial charge in [0.05, 0.1) is 5.56 Å². The lowest BCUT2D eigenvalue weighted by atomic mass is 10.1. The number of amides is 1. The molecule has 0 saturated carbocycles. The van der Waals surface area contributed by atoms with Gasteiger partial charge in [-0.05, 0) is 12.5 Å². The zero-order valence-electron chi connectivity index (χ0n) is 11.9. The Morgan fingerprint density at radius 1 is 1.24 bits per heavy atom. The first-order chi connectivity index (χ1) is 9.68. The van der Waals surface area contributed by atoms with Crippen LogP contribution in [-0.4, -0.2) is 32.8 Å². The van der Waals surface area contributed by atoms with E-state index in [2.05, 4.69) is 0 Å². The number of hydrogen-bond acceptors (Lipinski definition) is 3. The normalized spacial score (nSPS) is 11.5. The number of hydrogen-bond donors (Lipinski definition) is 1. The van der Waals surface area contributed by atoms with Crippen LogP contribution in [0.25, 0.3) is 0 Å². The Morgan fingerprint density at radius 3 is 2.38 bits per heavy atom. The molecule has 0 aliphatic heterocycles. The van der Waals surface area contributed by atoms with Gasteiger partial charge in [0.25, 0.3) is 5.91 Å². The molecule has 5 nitrogen and oxygen atoms in total. The van der Waals surface area contributed by atoms with E-state index < -0.39 is 38.0 Å². The number of benzene rings is 1. The maximum Gasteiger partial charge on any atom is 0.256 e. The van der Waals surface area contributed by atoms with Crippen LogP contribution < -0.4 is 5.14 Å². The minimum Gasteiger partial charge on any atom is -0.342 e. The summed E-state index contributed by atoms with van der Waals surface area (Å²) in [6.45, 7) is 2.40. The summed E-state index contributed by atoms with van der Waals surface area (Å²) in [6, 6.07) is 0.992. The molecule has 1 aromatic carbocycles. The summed E-state index contributed by atoms with van der Waals surface area (Å²) in [6.07, 6.45) is 2.61. The second kappa shape index (κ2) is 6.95. The van der Waals surface area contributed by atoms with Crippen LogP contribution in [0.1, 0.15) is 36.5 Å². The third kappa shape index (κ3) is 4.47. The van der Waals surface area contributed by atoms with E-state index in [1.165, 1.54) is 11.9 Å². The molecule has 21 heavy (non-hydrogen) atoms. The standard InChI is InChI=1S/C13H18F2N2O3S/c1-3-4-5-6-17(2)13(18)9-7-12(21(16,19)20)11(15)8-10(9)14/h7-8H,3-6H2,1-2H3,(H2,16,19,20). The zero-order valence-corrected chi connectivity index (χ0v) is 12.7. The second-order valence-corrected chi connectivity index (χ2v) is 6.27. The largest absolute Gasteiger partial charge is 0.342 e. The molecule has 1 amide bonds. The minimum atomic E-state index is -4.37. The highest BCUT2D eigenvalue weighted by Crippen LogP contribution is 2.19. The number of sulfonamides is 1. The molecule has 0 saturated heterocycles. The van der Waals surface area contributed by atoms with Gasteiger partial charge >= 0.3 is 0 Å². The first-order valence-electron chi connectivity index (χ1n) is 6.45. The van der Waals surface area contributed by atoms with E-state index in [1.807, 2.05) is 6.92 Å². The van der Waals surface area contributed by atoms with Crippen molar-refractivity contribution in [1.82, 2.24) is 4.90 Å². The highest BCUT2D eigenvalue weighted by molar-refractivity contribution is 7.89. The smallest absolute Gasteiger partial charge is 0.256 e. The van der Waals surface area contributed by atoms with Gasteiger partial charge in [-0.1, -0.05) is 19.8 Å². The molecule has 118 valence electrons. The van der Waals surface area contributed by atoms with E-state index in [-0.39, 0.29) is 0 Å². The Balaban J connectivity index is 3.10. The van der Waals surface area contributed by atoms with Crippen molar-refractivity contribution in [2.24, 2.45) is 5.14 Å². The van der Waals surface area contributed by atoms with Crippen molar-refractivity contribution in [3.63, 3.8) is 0 Å². The van der Waals surface area contributed by atoms with E-state index in [4.69, 9.17) is 5.14 Å². The minimum absolute atomic E-state index is 0.354. The lowest BCUT2D eigenvalue weighted by Gasteiger charge is -2.18. The fourth-order valence-corrected chi connectivity index (χ4v) is 2.43. The van der Waals surface area contributed by atoms with Crippen molar-refractivity contribution >= 4 is 15.9 Å². The number of carbonyl (C=O) groups excluding carboxylic acids is 1. The van der Waals surface area contributed by atoms with Crippen LogP contribution in [0.5, 0.6) is 0 Å². The number of halogens is 2. The lowest BCUT2D eigenvalue weighted by molar-refractivity contribution is 0.0787. The van der Waals surface area contributed by atoms with Crippen molar-refractivity contribution in [2.75, 3.05) is 13.6 Å². The highest BCUT2D eigenvalue weighted by atomic mass is 32.2. The topological polar surface area (TPSA) is 80.5 Å². The van der Waals surface area contributed by atoms with Crippen LogP contribution in [-0.2, 0) is 10.0 Å². The zero-order chi connectivity index (χ0) is 16.2. The average molecular weight is 320 g/mol. The molecule has 0 unspecified atom stereocenters. The molecule has 0 radical (unpaired) electrons. The fraction of sp³-hybridized carbons (Fsp3) is 0.462. The van der Waals surface area contributed by atoms with Gasteiger partial charge in [0.2, 0.25) is 10.0 Å². The fourth-order valence-electron chi connectivity index (χ4n) is 1.82. The van der Waals surface area contributed by atoms with Crippen molar-refractivity contribution in [3.05, 3.63) is 29.3 Å². The van der Waals surface area contributed by atoms with Crippen LogP contribution in [0.2, 0.25) is 0 Å². The Morgan fingerprint density at radius 2 is 1.86 bits per heavy atom. The third-order valence-electron chi connectivity index (χ3n) is 3.00. The second-order valence-electron chi connectivity index (χ2n) is 4.74. The predicted octanol–water partition coefficient (Wildman–Crippen LogP) is 1.87. The van der Waals surface area contributed by atoms with E-state index in [1.54, 1.807) is 0 Å². The van der Waals surface area contributed by atoms with Crippen molar-refractivity contribution in [2.45, 2.75) is 31.1 Å². The first kappa shape index (κ1) is 17.5. The molecular formula is C13H18F2N2O3S. The lowest BCUT2D eigenvalue weighted by Crippen LogP contribution is -2.29. The molecule has 0 spiro atoms. The van der Waals surface area contributed by atoms with Gasteiger partial charge in [0.1, 0.15) is 16.5 Å². The van der Waals surface area contributed by atoms with E-state index in [9.17, 15) is 22.0 Å². The Labute approximate surface area is 122 Å². The van der Waals surface area contributed by atoms with E-state index in [0.29, 0.717) is 18.7 Å². The third-order valence-corrected chi connectivity index (χ3v) is 3.93. The number of unbranched alkanes of at least 4 members (excludes halogenated alkanes) is 2. The quantitative estimate of drug-likeness (QED) is 0.813. The molecule has 0 bridgehead atoms. The SMILES string of the molecule is CCCCCN(C)C(=O)c1cc(S(N)(=O)=O)c(F)cc1F. The molecule has 0 aliphatic carbocycles. The molecule has 1 rings (SSSR count). The maximum absolute atomic E-state index is 13.7. The van der Waals surface area contributed by atoms with Crippen molar-refractivity contribution in [1.29, 1.82) is 0 Å². The van der Waals surface area contributed by atoms with Gasteiger partial charge in [-0.15, -0.1) is 0 Å². The Bertz CT molecular complexity index is 633. The molecule has 0 atom stereocenters. The van der Waals surface area contributed by atoms with Crippen molar-refractivity contribution < 1.29 is 22.0 Å². The van der Waals surface area contributed by atoms with E-state index >= 15 is 0 Å². The Kier molecular flexibility index (Phi) is 5.79. The van der Waals surface area contributed by atoms with Gasteiger partial charge in [-0.25, -0.2) is 22.3 Å². The van der Waals surface area contributed by atoms with Crippen LogP contribution in [0.4, 0.5) is 8.78 Å². The molecule has 8 heteroatoms. The summed E-state index contributed by atoms with van der Waals surface area (Å²) in [5.41, 5.74) is -0.514. The monoisotopic (exact) mass is 320 g/mol. The number of nitrogens with zero attached hydrogens (tertiary/aromatic N) is 1. The summed E-state index contributed by atoms with van der Waals surface area (Å²) in [5.74, 6) is -3.15. The summed E-state index contributed by atoms with van der Waals surface area (Å²) in [4.78, 5) is 12.4. The predicted molar refractivity (Wildman–Crippen MR) is 74.2 cm³/mol. The van der Waals surface area contributed by atoms with Gasteiger partial charge in [-0.3, -0.25) is 4.79 Å². The molecule has 1 aromatic rings. The first-order valence-corrected chi connectivity index (χ1v) is 8.00. The summed E-state index contributed by atoms with van der Waals surface area (Å²) in [5, 5.41) is 4.84. The van der Waals surface area contributed by atoms with Gasteiger partial charge in [-0.2, -0.15) is 0 Å². The van der Waals surface area contributed by atoms with Crippen molar-refractivity contribution in [3.8, 4) is 0 Å². The maximum atomic E-state index is 13.7. The summed E-state index contributed by atoms with van der Waals surface area (Å²) >= 11 is 0. The van der Waals surface area contributed by atoms with Crippen LogP contribution in [0, 0.1) is 11.6 Å². The molecular weight excluding hydrogens is 302 g/mol. The molecule has 2 N–H and O–H groups in total. The summed E-state index contributed by atoms with van der Waals surface area (Å²) < 4.78 is 49.5. The highest BCUT2D eigenvalue weighted by Gasteiger charge is 2.23. The van der Waals surface area contributed by atoms with Gasteiger partial charge < -0.3 is 4.90 Å². The number of nitrogens with two attached hydrogens (primary N) is 1.